The summed E-state index contributed by atoms with van der Waals surface area (Å²) >= 11 is 1.81. The molecule has 50 heavy (non-hydrogen) atoms. The molecule has 0 amide bonds. The second-order valence-electron chi connectivity index (χ2n) is 15.5. The van der Waals surface area contributed by atoms with Gasteiger partial charge in [0.2, 0.25) is 0 Å². The largest absolute Gasteiger partial charge is 0.347 e. The molecule has 2 aromatic heterocycles. The van der Waals surface area contributed by atoms with Crippen LogP contribution in [0.2, 0.25) is 0 Å². The molecule has 1 aliphatic rings. The Morgan fingerprint density at radius 3 is 2.10 bits per heavy atom. The van der Waals surface area contributed by atoms with Crippen molar-refractivity contribution in [1.29, 1.82) is 0 Å². The van der Waals surface area contributed by atoms with Gasteiger partial charge in [0.15, 0.2) is 0 Å². The number of pyridine rings is 1. The molecule has 0 N–H and O–H groups in total. The molecule has 1 aliphatic heterocycles. The molecule has 0 aliphatic carbocycles. The maximum Gasteiger partial charge on any atom is 0.137 e. The lowest BCUT2D eigenvalue weighted by Gasteiger charge is -2.22. The zero-order chi connectivity index (χ0) is 34.6. The highest BCUT2D eigenvalue weighted by Gasteiger charge is 2.27. The van der Waals surface area contributed by atoms with E-state index in [0.717, 1.165) is 19.0 Å². The number of para-hydroxylation sites is 2. The highest BCUT2D eigenvalue weighted by molar-refractivity contribution is 7.99. The Morgan fingerprint density at radius 1 is 0.600 bits per heavy atom. The first-order valence-corrected chi connectivity index (χ1v) is 18.3. The standard InChI is InChI=1S/C45H44N4S/c1-44(2,3)32-19-22-39-38(25-32)37-21-20-36(28-42(37)49(39)43-26-33(23-24-46-43)45(4,5)6)50-35-16-12-15-34(27-35)48-30-47(29-31-13-8-7-9-14-31)40-17-10-11-18-41(40)48/h7-28H,29-30H2,1-6H3. The van der Waals surface area contributed by atoms with Gasteiger partial charge in [-0.2, -0.15) is 0 Å². The van der Waals surface area contributed by atoms with Crippen molar-refractivity contribution in [2.24, 2.45) is 0 Å². The first-order valence-electron chi connectivity index (χ1n) is 17.5. The fourth-order valence-electron chi connectivity index (χ4n) is 7.08. The molecule has 0 radical (unpaired) electrons. The summed E-state index contributed by atoms with van der Waals surface area (Å²) in [5.41, 5.74) is 10.1. The Bertz CT molecular complexity index is 2340. The van der Waals surface area contributed by atoms with E-state index in [0.29, 0.717) is 0 Å². The third kappa shape index (κ3) is 6.05. The summed E-state index contributed by atoms with van der Waals surface area (Å²) in [6.45, 7) is 15.3. The first-order chi connectivity index (χ1) is 24.0. The third-order valence-corrected chi connectivity index (χ3v) is 10.8. The second kappa shape index (κ2) is 12.4. The van der Waals surface area contributed by atoms with Crippen LogP contribution >= 0.6 is 11.8 Å². The number of fused-ring (bicyclic) bond motifs is 4. The van der Waals surface area contributed by atoms with Crippen molar-refractivity contribution in [2.45, 2.75) is 68.7 Å². The Hall–Kier alpha value is -5.00. The van der Waals surface area contributed by atoms with Gasteiger partial charge in [0.1, 0.15) is 5.82 Å². The molecule has 8 rings (SSSR count). The molecule has 0 unspecified atom stereocenters. The van der Waals surface area contributed by atoms with Gasteiger partial charge < -0.3 is 9.80 Å². The van der Waals surface area contributed by atoms with Crippen molar-refractivity contribution in [3.63, 3.8) is 0 Å². The lowest BCUT2D eigenvalue weighted by Crippen LogP contribution is -2.27. The van der Waals surface area contributed by atoms with Crippen molar-refractivity contribution in [2.75, 3.05) is 16.5 Å². The summed E-state index contributed by atoms with van der Waals surface area (Å²) in [7, 11) is 0. The normalized spacial score (nSPS) is 13.4. The number of nitrogens with zero attached hydrogens (tertiary/aromatic N) is 4. The van der Waals surface area contributed by atoms with Crippen LogP contribution in [-0.2, 0) is 17.4 Å². The van der Waals surface area contributed by atoms with E-state index >= 15 is 0 Å². The summed E-state index contributed by atoms with van der Waals surface area (Å²) in [6, 6.07) is 46.7. The monoisotopic (exact) mass is 672 g/mol. The van der Waals surface area contributed by atoms with Crippen molar-refractivity contribution in [3.05, 3.63) is 150 Å². The Kier molecular flexibility index (Phi) is 7.99. The summed E-state index contributed by atoms with van der Waals surface area (Å²) in [4.78, 5) is 12.2. The smallest absolute Gasteiger partial charge is 0.137 e. The summed E-state index contributed by atoms with van der Waals surface area (Å²) < 4.78 is 2.36. The predicted molar refractivity (Wildman–Crippen MR) is 213 cm³/mol. The minimum Gasteiger partial charge on any atom is -0.347 e. The van der Waals surface area contributed by atoms with E-state index in [1.807, 2.05) is 18.0 Å². The van der Waals surface area contributed by atoms with Crippen LogP contribution in [0.1, 0.15) is 58.2 Å². The maximum absolute atomic E-state index is 4.93. The molecule has 4 nitrogen and oxygen atoms in total. The highest BCUT2D eigenvalue weighted by atomic mass is 32.2. The molecule has 0 bridgehead atoms. The van der Waals surface area contributed by atoms with E-state index < -0.39 is 0 Å². The Morgan fingerprint density at radius 2 is 1.32 bits per heavy atom. The van der Waals surface area contributed by atoms with Gasteiger partial charge in [-0.3, -0.25) is 4.57 Å². The molecule has 0 spiro atoms. The maximum atomic E-state index is 4.93. The molecule has 0 saturated heterocycles. The number of hydrogen-bond donors (Lipinski definition) is 0. The van der Waals surface area contributed by atoms with E-state index in [1.54, 1.807) is 0 Å². The number of aromatic nitrogens is 2. The fraction of sp³-hybridized carbons (Fsp3) is 0.222. The van der Waals surface area contributed by atoms with Gasteiger partial charge in [-0.15, -0.1) is 0 Å². The Balaban J connectivity index is 1.17. The number of hydrogen-bond acceptors (Lipinski definition) is 4. The SMILES string of the molecule is CC(C)(C)c1ccnc(-n2c3ccc(C(C)(C)C)cc3c3ccc(Sc4cccc(N5CN(Cc6ccccc6)c6ccccc65)c4)cc32)c1. The number of rotatable bonds is 6. The van der Waals surface area contributed by atoms with Crippen LogP contribution in [0.25, 0.3) is 27.6 Å². The quantitative estimate of drug-likeness (QED) is 0.175. The van der Waals surface area contributed by atoms with Crippen LogP contribution < -0.4 is 9.80 Å². The summed E-state index contributed by atoms with van der Waals surface area (Å²) in [5, 5.41) is 2.51. The van der Waals surface area contributed by atoms with Gasteiger partial charge >= 0.3 is 0 Å². The molecule has 5 heteroatoms. The van der Waals surface area contributed by atoms with Gasteiger partial charge in [-0.05, 0) is 94.3 Å². The van der Waals surface area contributed by atoms with E-state index in [-0.39, 0.29) is 10.8 Å². The zero-order valence-electron chi connectivity index (χ0n) is 29.8. The lowest BCUT2D eigenvalue weighted by atomic mass is 9.86. The van der Waals surface area contributed by atoms with E-state index in [1.165, 1.54) is 65.3 Å². The number of anilines is 3. The van der Waals surface area contributed by atoms with Gasteiger partial charge in [-0.1, -0.05) is 114 Å². The van der Waals surface area contributed by atoms with Crippen molar-refractivity contribution in [1.82, 2.24) is 9.55 Å². The molecule has 7 aromatic rings. The van der Waals surface area contributed by atoms with Crippen LogP contribution in [0.5, 0.6) is 0 Å². The van der Waals surface area contributed by atoms with Crippen molar-refractivity contribution in [3.8, 4) is 5.82 Å². The van der Waals surface area contributed by atoms with Crippen LogP contribution in [0.15, 0.2) is 143 Å². The lowest BCUT2D eigenvalue weighted by molar-refractivity contribution is 0.588. The van der Waals surface area contributed by atoms with Gasteiger partial charge in [-0.25, -0.2) is 4.98 Å². The summed E-state index contributed by atoms with van der Waals surface area (Å²) in [6.07, 6.45) is 1.96. The highest BCUT2D eigenvalue weighted by Crippen LogP contribution is 2.43. The van der Waals surface area contributed by atoms with Gasteiger partial charge in [0.25, 0.3) is 0 Å². The van der Waals surface area contributed by atoms with Crippen LogP contribution in [0, 0.1) is 0 Å². The summed E-state index contributed by atoms with van der Waals surface area (Å²) in [5.74, 6) is 0.956. The minimum absolute atomic E-state index is 0.0241. The van der Waals surface area contributed by atoms with Crippen LogP contribution in [0.4, 0.5) is 17.1 Å². The molecular weight excluding hydrogens is 629 g/mol. The average molecular weight is 673 g/mol. The van der Waals surface area contributed by atoms with Gasteiger partial charge in [0, 0.05) is 39.0 Å². The van der Waals surface area contributed by atoms with Crippen LogP contribution in [0.3, 0.4) is 0 Å². The third-order valence-electron chi connectivity index (χ3n) is 9.85. The van der Waals surface area contributed by atoms with Crippen molar-refractivity contribution < 1.29 is 0 Å². The first kappa shape index (κ1) is 32.2. The van der Waals surface area contributed by atoms with E-state index in [9.17, 15) is 0 Å². The number of benzene rings is 5. The molecule has 250 valence electrons. The molecule has 0 saturated carbocycles. The predicted octanol–water partition coefficient (Wildman–Crippen LogP) is 12.0. The van der Waals surface area contributed by atoms with Crippen LogP contribution in [-0.4, -0.2) is 16.2 Å². The fourth-order valence-corrected chi connectivity index (χ4v) is 7.98. The average Bonchev–Trinajstić information content (AvgIpc) is 3.63. The second-order valence-corrected chi connectivity index (χ2v) is 16.6. The topological polar surface area (TPSA) is 24.3 Å². The van der Waals surface area contributed by atoms with Gasteiger partial charge in [0.05, 0.1) is 29.1 Å². The molecule has 3 heterocycles. The molecule has 0 atom stereocenters. The van der Waals surface area contributed by atoms with E-state index in [4.69, 9.17) is 4.98 Å². The minimum atomic E-state index is 0.0241. The Labute approximate surface area is 300 Å². The zero-order valence-corrected chi connectivity index (χ0v) is 30.6. The van der Waals surface area contributed by atoms with Crippen molar-refractivity contribution >= 4 is 50.6 Å². The molecule has 0 fully saturated rings. The molecule has 5 aromatic carbocycles. The van der Waals surface area contributed by atoms with E-state index in [2.05, 4.69) is 183 Å². The molecular formula is C45H44N4S.